The predicted octanol–water partition coefficient (Wildman–Crippen LogP) is 1.30. The second-order valence-electron chi connectivity index (χ2n) is 6.83. The molecular formula is C19H20FN7O5. The fraction of sp³-hybridized carbons (Fsp3) is 0.263. The van der Waals surface area contributed by atoms with Crippen LogP contribution in [0.25, 0.3) is 17.6 Å². The third-order valence-electron chi connectivity index (χ3n) is 4.50. The zero-order chi connectivity index (χ0) is 23.3. The van der Waals surface area contributed by atoms with Crippen molar-refractivity contribution in [2.24, 2.45) is 5.73 Å². The number of primary amides is 1. The van der Waals surface area contributed by atoms with Crippen LogP contribution >= 0.6 is 0 Å². The number of aromatic nitrogens is 5. The van der Waals surface area contributed by atoms with Gasteiger partial charge in [-0.3, -0.25) is 9.59 Å². The highest BCUT2D eigenvalue weighted by molar-refractivity contribution is 5.84. The van der Waals surface area contributed by atoms with Gasteiger partial charge >= 0.3 is 5.97 Å². The van der Waals surface area contributed by atoms with Crippen molar-refractivity contribution >= 4 is 24.0 Å². The molecule has 0 aliphatic heterocycles. The van der Waals surface area contributed by atoms with Crippen LogP contribution in [0.2, 0.25) is 0 Å². The molecule has 0 aliphatic carbocycles. The molecule has 0 spiro atoms. The van der Waals surface area contributed by atoms with E-state index in [2.05, 4.69) is 15.4 Å². The second-order valence-corrected chi connectivity index (χ2v) is 6.83. The van der Waals surface area contributed by atoms with Crippen molar-refractivity contribution in [3.63, 3.8) is 0 Å². The molecule has 32 heavy (non-hydrogen) atoms. The standard InChI is InChI=1S/C19H20FN7O5/c1-25(10-12-2-4-16(32-12)19(30)31)18(29)15(3-5-17(21)28)27-11-14(22-24-27)13-6-8-26(23-13)9-7-20/h2,4,6-9,11,15H,3,5,10H2,1H3,(H2,21,28)(H,30,31)/b9-7+/t15-/m1/s1. The molecule has 0 fully saturated rings. The molecule has 0 bridgehead atoms. The minimum absolute atomic E-state index is 0.000705. The Labute approximate surface area is 180 Å². The zero-order valence-electron chi connectivity index (χ0n) is 17.0. The van der Waals surface area contributed by atoms with Gasteiger partial charge in [0, 0.05) is 19.7 Å². The number of nitrogens with two attached hydrogens (primary N) is 1. The van der Waals surface area contributed by atoms with E-state index in [1.54, 1.807) is 6.07 Å². The number of carboxylic acids is 1. The highest BCUT2D eigenvalue weighted by Crippen LogP contribution is 2.21. The first-order valence-corrected chi connectivity index (χ1v) is 9.38. The average molecular weight is 445 g/mol. The Hall–Kier alpha value is -4.29. The molecule has 3 aromatic rings. The van der Waals surface area contributed by atoms with Gasteiger partial charge in [0.05, 0.1) is 18.9 Å². The van der Waals surface area contributed by atoms with Gasteiger partial charge in [0.2, 0.25) is 17.6 Å². The topological polar surface area (TPSA) is 162 Å². The summed E-state index contributed by atoms with van der Waals surface area (Å²) in [5.74, 6) is -2.18. The SMILES string of the molecule is CN(Cc1ccc(C(=O)O)o1)C(=O)[C@@H](CCC(N)=O)n1cc(-c2ccn(/C=C/F)n2)nn1. The summed E-state index contributed by atoms with van der Waals surface area (Å²) in [6.07, 6.45) is 4.44. The molecule has 13 heteroatoms. The molecule has 2 amide bonds. The number of rotatable bonds is 10. The number of carbonyl (C=O) groups excluding carboxylic acids is 2. The molecule has 3 N–H and O–H groups in total. The maximum atomic E-state index is 13.1. The fourth-order valence-electron chi connectivity index (χ4n) is 2.95. The molecule has 0 radical (unpaired) electrons. The molecule has 1 atom stereocenters. The lowest BCUT2D eigenvalue weighted by Crippen LogP contribution is -2.35. The van der Waals surface area contributed by atoms with Gasteiger partial charge in [-0.2, -0.15) is 5.10 Å². The van der Waals surface area contributed by atoms with Crippen LogP contribution < -0.4 is 5.73 Å². The van der Waals surface area contributed by atoms with E-state index in [1.807, 2.05) is 0 Å². The van der Waals surface area contributed by atoms with Gasteiger partial charge in [-0.05, 0) is 24.6 Å². The van der Waals surface area contributed by atoms with Crippen LogP contribution in [0.5, 0.6) is 0 Å². The van der Waals surface area contributed by atoms with E-state index >= 15 is 0 Å². The number of carboxylic acid groups (broad SMARTS) is 1. The van der Waals surface area contributed by atoms with Crippen molar-refractivity contribution in [1.29, 1.82) is 0 Å². The van der Waals surface area contributed by atoms with Crippen LogP contribution in [0.4, 0.5) is 4.39 Å². The molecule has 0 aromatic carbocycles. The molecule has 12 nitrogen and oxygen atoms in total. The van der Waals surface area contributed by atoms with Crippen LogP contribution in [-0.2, 0) is 16.1 Å². The van der Waals surface area contributed by atoms with Crippen LogP contribution in [0.15, 0.2) is 41.3 Å². The number of nitrogens with zero attached hydrogens (tertiary/aromatic N) is 6. The van der Waals surface area contributed by atoms with Crippen LogP contribution in [0.1, 0.15) is 35.2 Å². The lowest BCUT2D eigenvalue weighted by molar-refractivity contribution is -0.135. The number of furan rings is 1. The van der Waals surface area contributed by atoms with E-state index in [9.17, 15) is 18.8 Å². The first-order valence-electron chi connectivity index (χ1n) is 9.38. The molecule has 3 rings (SSSR count). The monoisotopic (exact) mass is 445 g/mol. The van der Waals surface area contributed by atoms with Gasteiger partial charge in [0.25, 0.3) is 0 Å². The van der Waals surface area contributed by atoms with Crippen molar-refractivity contribution in [1.82, 2.24) is 29.7 Å². The number of amides is 2. The molecular weight excluding hydrogens is 425 g/mol. The highest BCUT2D eigenvalue weighted by atomic mass is 19.1. The number of halogens is 1. The van der Waals surface area contributed by atoms with Crippen LogP contribution in [0, 0.1) is 0 Å². The normalized spacial score (nSPS) is 12.2. The van der Waals surface area contributed by atoms with Crippen LogP contribution in [0.3, 0.4) is 0 Å². The van der Waals surface area contributed by atoms with Gasteiger partial charge in [-0.25, -0.2) is 18.5 Å². The summed E-state index contributed by atoms with van der Waals surface area (Å²) in [6, 6.07) is 3.44. The van der Waals surface area contributed by atoms with Crippen molar-refractivity contribution < 1.29 is 28.3 Å². The summed E-state index contributed by atoms with van der Waals surface area (Å²) in [4.78, 5) is 36.7. The second kappa shape index (κ2) is 9.68. The molecule has 0 aliphatic rings. The van der Waals surface area contributed by atoms with E-state index in [0.29, 0.717) is 17.7 Å². The third kappa shape index (κ3) is 5.24. The van der Waals surface area contributed by atoms with Gasteiger partial charge in [-0.15, -0.1) is 5.10 Å². The Morgan fingerprint density at radius 2 is 2.09 bits per heavy atom. The van der Waals surface area contributed by atoms with Gasteiger partial charge in [0.1, 0.15) is 29.5 Å². The molecule has 3 heterocycles. The van der Waals surface area contributed by atoms with E-state index in [-0.39, 0.29) is 30.9 Å². The lowest BCUT2D eigenvalue weighted by atomic mass is 10.1. The van der Waals surface area contributed by atoms with Crippen molar-refractivity contribution in [3.05, 3.63) is 48.4 Å². The van der Waals surface area contributed by atoms with Crippen molar-refractivity contribution in [3.8, 4) is 11.4 Å². The number of likely N-dealkylation sites (N-methyl/N-ethyl adjacent to an activating group) is 1. The van der Waals surface area contributed by atoms with Crippen molar-refractivity contribution in [2.45, 2.75) is 25.4 Å². The minimum atomic E-state index is -1.22. The van der Waals surface area contributed by atoms with Crippen LogP contribution in [-0.4, -0.2) is 59.6 Å². The Kier molecular flexibility index (Phi) is 6.77. The number of hydrogen-bond acceptors (Lipinski definition) is 7. The van der Waals surface area contributed by atoms with Gasteiger partial charge < -0.3 is 20.2 Å². The summed E-state index contributed by atoms with van der Waals surface area (Å²) >= 11 is 0. The summed E-state index contributed by atoms with van der Waals surface area (Å²) in [5, 5.41) is 21.1. The first kappa shape index (κ1) is 22.4. The van der Waals surface area contributed by atoms with E-state index in [4.69, 9.17) is 15.3 Å². The Morgan fingerprint density at radius 1 is 1.31 bits per heavy atom. The summed E-state index contributed by atoms with van der Waals surface area (Å²) in [6.45, 7) is 0.000705. The molecule has 0 saturated carbocycles. The molecule has 0 saturated heterocycles. The zero-order valence-corrected chi connectivity index (χ0v) is 17.0. The summed E-state index contributed by atoms with van der Waals surface area (Å²) in [7, 11) is 1.51. The fourth-order valence-corrected chi connectivity index (χ4v) is 2.95. The Balaban J connectivity index is 1.80. The van der Waals surface area contributed by atoms with Gasteiger partial charge in [0.15, 0.2) is 0 Å². The predicted molar refractivity (Wildman–Crippen MR) is 107 cm³/mol. The number of aromatic carboxylic acids is 1. The summed E-state index contributed by atoms with van der Waals surface area (Å²) < 4.78 is 20.1. The molecule has 168 valence electrons. The maximum Gasteiger partial charge on any atom is 0.371 e. The van der Waals surface area contributed by atoms with E-state index < -0.39 is 23.8 Å². The quantitative estimate of drug-likeness (QED) is 0.472. The first-order chi connectivity index (χ1) is 15.3. The maximum absolute atomic E-state index is 13.1. The summed E-state index contributed by atoms with van der Waals surface area (Å²) in [5.41, 5.74) is 5.99. The average Bonchev–Trinajstić information content (AvgIpc) is 3.48. The number of carbonyl (C=O) groups is 3. The lowest BCUT2D eigenvalue weighted by Gasteiger charge is -2.22. The van der Waals surface area contributed by atoms with Crippen molar-refractivity contribution in [2.75, 3.05) is 7.05 Å². The largest absolute Gasteiger partial charge is 0.475 e. The minimum Gasteiger partial charge on any atom is -0.475 e. The Bertz CT molecular complexity index is 1150. The third-order valence-corrected chi connectivity index (χ3v) is 4.50. The smallest absolute Gasteiger partial charge is 0.371 e. The van der Waals surface area contributed by atoms with Gasteiger partial charge in [-0.1, -0.05) is 5.21 Å². The Morgan fingerprint density at radius 3 is 2.75 bits per heavy atom. The highest BCUT2D eigenvalue weighted by Gasteiger charge is 2.27. The van der Waals surface area contributed by atoms with E-state index in [1.165, 1.54) is 45.8 Å². The number of hydrogen-bond donors (Lipinski definition) is 2. The van der Waals surface area contributed by atoms with E-state index in [0.717, 1.165) is 6.20 Å². The molecule has 3 aromatic heterocycles. The molecule has 0 unspecified atom stereocenters.